The number of hydrogen-bond donors (Lipinski definition) is 1. The first-order valence-corrected chi connectivity index (χ1v) is 6.97. The maximum absolute atomic E-state index is 5.68. The molecule has 1 rings (SSSR count). The molecule has 0 aliphatic heterocycles. The van der Waals surface area contributed by atoms with Gasteiger partial charge in [0.2, 0.25) is 0 Å². The minimum absolute atomic E-state index is 0.108. The van der Waals surface area contributed by atoms with Crippen LogP contribution in [-0.4, -0.2) is 31.9 Å². The molecule has 0 heterocycles. The molecule has 3 heteroatoms. The van der Waals surface area contributed by atoms with E-state index in [4.69, 9.17) is 9.47 Å². The smallest absolute Gasteiger partial charge is 0.118 e. The molecule has 1 N–H and O–H groups in total. The van der Waals surface area contributed by atoms with Gasteiger partial charge in [-0.3, -0.25) is 0 Å². The second-order valence-electron chi connectivity index (χ2n) is 5.53. The van der Waals surface area contributed by atoms with E-state index in [1.165, 1.54) is 5.56 Å². The first kappa shape index (κ1) is 16.0. The van der Waals surface area contributed by atoms with Gasteiger partial charge in [0.25, 0.3) is 0 Å². The standard InChI is InChI=1S/C16H27NO2/c1-6-19-16(3,4)12-17-13(2)11-14-7-9-15(18-5)10-8-14/h7-10,13,17H,6,11-12H2,1-5H3. The lowest BCUT2D eigenvalue weighted by molar-refractivity contribution is -0.0102. The molecule has 0 aliphatic rings. The van der Waals surface area contributed by atoms with E-state index in [2.05, 4.69) is 38.2 Å². The molecule has 0 aliphatic carbocycles. The lowest BCUT2D eigenvalue weighted by Crippen LogP contribution is -2.42. The van der Waals surface area contributed by atoms with E-state index in [1.54, 1.807) is 7.11 Å². The van der Waals surface area contributed by atoms with Crippen molar-refractivity contribution in [2.45, 2.75) is 45.8 Å². The minimum atomic E-state index is -0.108. The van der Waals surface area contributed by atoms with E-state index in [9.17, 15) is 0 Å². The molecule has 1 unspecified atom stereocenters. The summed E-state index contributed by atoms with van der Waals surface area (Å²) in [5.74, 6) is 0.904. The highest BCUT2D eigenvalue weighted by Gasteiger charge is 2.18. The van der Waals surface area contributed by atoms with E-state index in [1.807, 2.05) is 19.1 Å². The van der Waals surface area contributed by atoms with Crippen LogP contribution in [-0.2, 0) is 11.2 Å². The quantitative estimate of drug-likeness (QED) is 0.783. The van der Waals surface area contributed by atoms with Crippen LogP contribution in [0.2, 0.25) is 0 Å². The van der Waals surface area contributed by atoms with Crippen molar-refractivity contribution in [2.75, 3.05) is 20.3 Å². The van der Waals surface area contributed by atoms with Crippen LogP contribution in [0.5, 0.6) is 5.75 Å². The maximum atomic E-state index is 5.68. The fraction of sp³-hybridized carbons (Fsp3) is 0.625. The lowest BCUT2D eigenvalue weighted by Gasteiger charge is -2.27. The van der Waals surface area contributed by atoms with Crippen LogP contribution < -0.4 is 10.1 Å². The number of nitrogens with one attached hydrogen (secondary N) is 1. The molecule has 0 radical (unpaired) electrons. The first-order valence-electron chi connectivity index (χ1n) is 6.97. The third kappa shape index (κ3) is 6.08. The Morgan fingerprint density at radius 3 is 2.37 bits per heavy atom. The molecule has 19 heavy (non-hydrogen) atoms. The number of ether oxygens (including phenoxy) is 2. The minimum Gasteiger partial charge on any atom is -0.497 e. The molecule has 0 fully saturated rings. The summed E-state index contributed by atoms with van der Waals surface area (Å²) in [6, 6.07) is 8.67. The molecular weight excluding hydrogens is 238 g/mol. The van der Waals surface area contributed by atoms with Crippen LogP contribution in [0.3, 0.4) is 0 Å². The van der Waals surface area contributed by atoms with Crippen molar-refractivity contribution < 1.29 is 9.47 Å². The SMILES string of the molecule is CCOC(C)(C)CNC(C)Cc1ccc(OC)cc1. The van der Waals surface area contributed by atoms with Gasteiger partial charge in [-0.25, -0.2) is 0 Å². The van der Waals surface area contributed by atoms with Crippen molar-refractivity contribution in [3.63, 3.8) is 0 Å². The molecule has 1 aromatic rings. The van der Waals surface area contributed by atoms with E-state index >= 15 is 0 Å². The van der Waals surface area contributed by atoms with Gasteiger partial charge < -0.3 is 14.8 Å². The van der Waals surface area contributed by atoms with Crippen molar-refractivity contribution in [1.82, 2.24) is 5.32 Å². The average molecular weight is 265 g/mol. The molecule has 3 nitrogen and oxygen atoms in total. The van der Waals surface area contributed by atoms with Crippen molar-refractivity contribution in [1.29, 1.82) is 0 Å². The van der Waals surface area contributed by atoms with E-state index < -0.39 is 0 Å². The van der Waals surface area contributed by atoms with Gasteiger partial charge in [0.15, 0.2) is 0 Å². The summed E-state index contributed by atoms with van der Waals surface area (Å²) in [6.45, 7) is 10.1. The molecule has 0 amide bonds. The second-order valence-corrected chi connectivity index (χ2v) is 5.53. The highest BCUT2D eigenvalue weighted by atomic mass is 16.5. The Balaban J connectivity index is 2.39. The summed E-state index contributed by atoms with van der Waals surface area (Å²) in [5.41, 5.74) is 1.21. The Morgan fingerprint density at radius 2 is 1.84 bits per heavy atom. The molecular formula is C16H27NO2. The van der Waals surface area contributed by atoms with Gasteiger partial charge in [0.05, 0.1) is 12.7 Å². The van der Waals surface area contributed by atoms with Crippen LogP contribution in [0.1, 0.15) is 33.3 Å². The number of hydrogen-bond acceptors (Lipinski definition) is 3. The van der Waals surface area contributed by atoms with E-state index in [-0.39, 0.29) is 5.60 Å². The maximum Gasteiger partial charge on any atom is 0.118 e. The Kier molecular flexibility index (Phi) is 6.32. The van der Waals surface area contributed by atoms with Gasteiger partial charge in [-0.15, -0.1) is 0 Å². The second kappa shape index (κ2) is 7.51. The average Bonchev–Trinajstić information content (AvgIpc) is 2.37. The van der Waals surface area contributed by atoms with Crippen LogP contribution in [0, 0.1) is 0 Å². The Labute approximate surface area is 117 Å². The summed E-state index contributed by atoms with van der Waals surface area (Å²) < 4.78 is 10.8. The van der Waals surface area contributed by atoms with Gasteiger partial charge in [0, 0.05) is 19.2 Å². The third-order valence-corrected chi connectivity index (χ3v) is 3.11. The molecule has 0 bridgehead atoms. The van der Waals surface area contributed by atoms with E-state index in [0.717, 1.165) is 25.3 Å². The largest absolute Gasteiger partial charge is 0.497 e. The highest BCUT2D eigenvalue weighted by molar-refractivity contribution is 5.27. The van der Waals surface area contributed by atoms with Gasteiger partial charge in [0.1, 0.15) is 5.75 Å². The number of benzene rings is 1. The molecule has 0 saturated heterocycles. The lowest BCUT2D eigenvalue weighted by atomic mass is 10.1. The third-order valence-electron chi connectivity index (χ3n) is 3.11. The summed E-state index contributed by atoms with van der Waals surface area (Å²) in [6.07, 6.45) is 1.01. The summed E-state index contributed by atoms with van der Waals surface area (Å²) in [7, 11) is 1.69. The normalized spacial score (nSPS) is 13.3. The fourth-order valence-electron chi connectivity index (χ4n) is 2.05. The van der Waals surface area contributed by atoms with Gasteiger partial charge >= 0.3 is 0 Å². The van der Waals surface area contributed by atoms with Crippen molar-refractivity contribution in [3.05, 3.63) is 29.8 Å². The predicted octanol–water partition coefficient (Wildman–Crippen LogP) is 3.03. The summed E-state index contributed by atoms with van der Waals surface area (Å²) in [4.78, 5) is 0. The molecule has 1 aromatic carbocycles. The first-order chi connectivity index (χ1) is 8.96. The molecule has 0 aromatic heterocycles. The highest BCUT2D eigenvalue weighted by Crippen LogP contribution is 2.13. The van der Waals surface area contributed by atoms with Crippen molar-refractivity contribution >= 4 is 0 Å². The topological polar surface area (TPSA) is 30.5 Å². The zero-order valence-electron chi connectivity index (χ0n) is 12.8. The summed E-state index contributed by atoms with van der Waals surface area (Å²) >= 11 is 0. The zero-order chi connectivity index (χ0) is 14.3. The van der Waals surface area contributed by atoms with E-state index in [0.29, 0.717) is 6.04 Å². The Bertz CT molecular complexity index is 360. The fourth-order valence-corrected chi connectivity index (χ4v) is 2.05. The molecule has 0 saturated carbocycles. The zero-order valence-corrected chi connectivity index (χ0v) is 12.8. The van der Waals surface area contributed by atoms with Crippen LogP contribution in [0.15, 0.2) is 24.3 Å². The van der Waals surface area contributed by atoms with Crippen molar-refractivity contribution in [3.8, 4) is 5.75 Å². The molecule has 108 valence electrons. The van der Waals surface area contributed by atoms with Gasteiger partial charge in [-0.2, -0.15) is 0 Å². The van der Waals surface area contributed by atoms with Crippen molar-refractivity contribution in [2.24, 2.45) is 0 Å². The van der Waals surface area contributed by atoms with Gasteiger partial charge in [-0.05, 0) is 51.8 Å². The summed E-state index contributed by atoms with van der Waals surface area (Å²) in [5, 5.41) is 3.53. The number of rotatable bonds is 8. The Hall–Kier alpha value is -1.06. The molecule has 0 spiro atoms. The number of methoxy groups -OCH3 is 1. The van der Waals surface area contributed by atoms with Gasteiger partial charge in [-0.1, -0.05) is 12.1 Å². The Morgan fingerprint density at radius 1 is 1.21 bits per heavy atom. The van der Waals surface area contributed by atoms with Crippen LogP contribution in [0.25, 0.3) is 0 Å². The van der Waals surface area contributed by atoms with Crippen LogP contribution >= 0.6 is 0 Å². The van der Waals surface area contributed by atoms with Crippen LogP contribution in [0.4, 0.5) is 0 Å². The predicted molar refractivity (Wildman–Crippen MR) is 79.9 cm³/mol. The molecule has 1 atom stereocenters. The monoisotopic (exact) mass is 265 g/mol.